The second-order valence-electron chi connectivity index (χ2n) is 6.06. The lowest BCUT2D eigenvalue weighted by Crippen LogP contribution is -2.33. The topological polar surface area (TPSA) is 15.3 Å². The Morgan fingerprint density at radius 2 is 2.05 bits per heavy atom. The van der Waals surface area contributed by atoms with Crippen molar-refractivity contribution in [2.75, 3.05) is 24.5 Å². The molecule has 1 aromatic carbocycles. The molecule has 0 aromatic heterocycles. The minimum absolute atomic E-state index is 0.0813. The van der Waals surface area contributed by atoms with E-state index < -0.39 is 0 Å². The third-order valence-electron chi connectivity index (χ3n) is 4.30. The Labute approximate surface area is 122 Å². The number of hydrogen-bond acceptors (Lipinski definition) is 2. The normalized spacial score (nSPS) is 18.3. The van der Waals surface area contributed by atoms with E-state index in [-0.39, 0.29) is 11.9 Å². The molecule has 3 heteroatoms. The van der Waals surface area contributed by atoms with Crippen LogP contribution in [0, 0.1) is 11.7 Å². The van der Waals surface area contributed by atoms with Crippen molar-refractivity contribution in [3.8, 4) is 0 Å². The molecule has 112 valence electrons. The zero-order valence-corrected chi connectivity index (χ0v) is 13.0. The summed E-state index contributed by atoms with van der Waals surface area (Å²) in [7, 11) is 0. The highest BCUT2D eigenvalue weighted by Crippen LogP contribution is 2.27. The highest BCUT2D eigenvalue weighted by molar-refractivity contribution is 5.50. The van der Waals surface area contributed by atoms with Crippen molar-refractivity contribution in [3.05, 3.63) is 29.6 Å². The van der Waals surface area contributed by atoms with Gasteiger partial charge in [-0.05, 0) is 56.3 Å². The van der Waals surface area contributed by atoms with Crippen LogP contribution < -0.4 is 10.2 Å². The van der Waals surface area contributed by atoms with Gasteiger partial charge in [0.05, 0.1) is 5.69 Å². The lowest BCUT2D eigenvalue weighted by molar-refractivity contribution is 0.434. The third-order valence-corrected chi connectivity index (χ3v) is 4.30. The summed E-state index contributed by atoms with van der Waals surface area (Å²) in [6, 6.07) is 5.91. The summed E-state index contributed by atoms with van der Waals surface area (Å²) >= 11 is 0. The lowest BCUT2D eigenvalue weighted by atomic mass is 9.98. The lowest BCUT2D eigenvalue weighted by Gasteiger charge is -2.32. The van der Waals surface area contributed by atoms with E-state index in [9.17, 15) is 4.39 Å². The minimum Gasteiger partial charge on any atom is -0.369 e. The van der Waals surface area contributed by atoms with Gasteiger partial charge in [-0.2, -0.15) is 0 Å². The van der Waals surface area contributed by atoms with Crippen LogP contribution in [-0.4, -0.2) is 19.6 Å². The monoisotopic (exact) mass is 278 g/mol. The van der Waals surface area contributed by atoms with Crippen molar-refractivity contribution in [3.63, 3.8) is 0 Å². The molecule has 1 aromatic rings. The fraction of sp³-hybridized carbons (Fsp3) is 0.647. The number of piperidine rings is 1. The summed E-state index contributed by atoms with van der Waals surface area (Å²) in [6.07, 6.45) is 3.42. The predicted molar refractivity (Wildman–Crippen MR) is 83.7 cm³/mol. The molecule has 0 unspecified atom stereocenters. The van der Waals surface area contributed by atoms with Crippen LogP contribution in [0.25, 0.3) is 0 Å². The van der Waals surface area contributed by atoms with E-state index in [0.29, 0.717) is 0 Å². The molecule has 20 heavy (non-hydrogen) atoms. The Balaban J connectivity index is 2.05. The van der Waals surface area contributed by atoms with Crippen LogP contribution in [0.4, 0.5) is 10.1 Å². The average molecular weight is 278 g/mol. The van der Waals surface area contributed by atoms with E-state index >= 15 is 0 Å². The van der Waals surface area contributed by atoms with Gasteiger partial charge in [-0.25, -0.2) is 4.39 Å². The van der Waals surface area contributed by atoms with Crippen molar-refractivity contribution in [2.24, 2.45) is 5.92 Å². The van der Waals surface area contributed by atoms with E-state index in [0.717, 1.165) is 56.1 Å². The molecule has 0 amide bonds. The summed E-state index contributed by atoms with van der Waals surface area (Å²) in [5, 5.41) is 3.40. The number of rotatable bonds is 5. The summed E-state index contributed by atoms with van der Waals surface area (Å²) in [5.74, 6) is 0.689. The van der Waals surface area contributed by atoms with E-state index in [1.165, 1.54) is 0 Å². The quantitative estimate of drug-likeness (QED) is 0.871. The van der Waals surface area contributed by atoms with Gasteiger partial charge in [0.1, 0.15) is 5.82 Å². The Hall–Kier alpha value is -1.09. The Bertz CT molecular complexity index is 425. The van der Waals surface area contributed by atoms with Gasteiger partial charge in [-0.1, -0.05) is 19.9 Å². The third kappa shape index (κ3) is 3.72. The van der Waals surface area contributed by atoms with Crippen molar-refractivity contribution in [1.82, 2.24) is 5.32 Å². The number of hydrogen-bond donors (Lipinski definition) is 1. The number of benzene rings is 1. The van der Waals surface area contributed by atoms with E-state index in [1.54, 1.807) is 6.07 Å². The van der Waals surface area contributed by atoms with Gasteiger partial charge in [0, 0.05) is 19.1 Å². The SMILES string of the molecule is CCCN[C@@H](C)c1ccc(N2CCC(C)CC2)c(F)c1. The number of anilines is 1. The molecule has 1 N–H and O–H groups in total. The molecular formula is C17H27FN2. The molecule has 1 aliphatic rings. The van der Waals surface area contributed by atoms with Crippen LogP contribution in [0.2, 0.25) is 0 Å². The van der Waals surface area contributed by atoms with Crippen LogP contribution >= 0.6 is 0 Å². The highest BCUT2D eigenvalue weighted by Gasteiger charge is 2.19. The van der Waals surface area contributed by atoms with E-state index in [1.807, 2.05) is 6.07 Å². The minimum atomic E-state index is -0.0813. The van der Waals surface area contributed by atoms with Crippen LogP contribution in [0.15, 0.2) is 18.2 Å². The summed E-state index contributed by atoms with van der Waals surface area (Å²) in [6.45, 7) is 9.42. The Morgan fingerprint density at radius 1 is 1.35 bits per heavy atom. The fourth-order valence-corrected chi connectivity index (χ4v) is 2.78. The van der Waals surface area contributed by atoms with Crippen LogP contribution in [0.1, 0.15) is 51.6 Å². The maximum absolute atomic E-state index is 14.3. The maximum Gasteiger partial charge on any atom is 0.146 e. The van der Waals surface area contributed by atoms with Gasteiger partial charge in [0.25, 0.3) is 0 Å². The van der Waals surface area contributed by atoms with Crippen LogP contribution in [-0.2, 0) is 0 Å². The number of nitrogens with one attached hydrogen (secondary N) is 1. The molecule has 0 aliphatic carbocycles. The van der Waals surface area contributed by atoms with E-state index in [4.69, 9.17) is 0 Å². The van der Waals surface area contributed by atoms with Gasteiger partial charge in [0.2, 0.25) is 0 Å². The predicted octanol–water partition coefficient (Wildman–Crippen LogP) is 4.12. The molecule has 1 fully saturated rings. The van der Waals surface area contributed by atoms with Crippen LogP contribution in [0.3, 0.4) is 0 Å². The first-order valence-corrected chi connectivity index (χ1v) is 7.89. The largest absolute Gasteiger partial charge is 0.369 e. The zero-order valence-electron chi connectivity index (χ0n) is 13.0. The first-order chi connectivity index (χ1) is 9.61. The van der Waals surface area contributed by atoms with Crippen molar-refractivity contribution >= 4 is 5.69 Å². The second kappa shape index (κ2) is 7.07. The van der Waals surface area contributed by atoms with Gasteiger partial charge in [0.15, 0.2) is 0 Å². The highest BCUT2D eigenvalue weighted by atomic mass is 19.1. The molecule has 1 atom stereocenters. The standard InChI is InChI=1S/C17H27FN2/c1-4-9-19-14(3)15-5-6-17(16(18)12-15)20-10-7-13(2)8-11-20/h5-6,12-14,19H,4,7-11H2,1-3H3/t14-/m0/s1. The summed E-state index contributed by atoms with van der Waals surface area (Å²) in [4.78, 5) is 2.18. The summed E-state index contributed by atoms with van der Waals surface area (Å²) in [5.41, 5.74) is 1.80. The number of nitrogens with zero attached hydrogens (tertiary/aromatic N) is 1. The van der Waals surface area contributed by atoms with Gasteiger partial charge in [-0.15, -0.1) is 0 Å². The van der Waals surface area contributed by atoms with Gasteiger partial charge >= 0.3 is 0 Å². The molecule has 2 rings (SSSR count). The second-order valence-corrected chi connectivity index (χ2v) is 6.06. The molecule has 0 bridgehead atoms. The molecule has 0 radical (unpaired) electrons. The molecule has 2 nitrogen and oxygen atoms in total. The van der Waals surface area contributed by atoms with Crippen molar-refractivity contribution in [1.29, 1.82) is 0 Å². The first kappa shape index (κ1) is 15.3. The van der Waals surface area contributed by atoms with Gasteiger partial charge < -0.3 is 10.2 Å². The maximum atomic E-state index is 14.3. The molecule has 0 saturated carbocycles. The van der Waals surface area contributed by atoms with E-state index in [2.05, 4.69) is 37.1 Å². The smallest absolute Gasteiger partial charge is 0.146 e. The van der Waals surface area contributed by atoms with Crippen molar-refractivity contribution < 1.29 is 4.39 Å². The average Bonchev–Trinajstić information content (AvgIpc) is 2.46. The Morgan fingerprint density at radius 3 is 2.65 bits per heavy atom. The molecule has 1 aliphatic heterocycles. The zero-order chi connectivity index (χ0) is 14.5. The molecule has 1 heterocycles. The molecule has 1 saturated heterocycles. The van der Waals surface area contributed by atoms with Crippen molar-refractivity contribution in [2.45, 2.75) is 46.1 Å². The number of halogens is 1. The van der Waals surface area contributed by atoms with Crippen LogP contribution in [0.5, 0.6) is 0 Å². The fourth-order valence-electron chi connectivity index (χ4n) is 2.78. The molecular weight excluding hydrogens is 251 g/mol. The Kier molecular flexibility index (Phi) is 5.41. The summed E-state index contributed by atoms with van der Waals surface area (Å²) < 4.78 is 14.3. The van der Waals surface area contributed by atoms with Gasteiger partial charge in [-0.3, -0.25) is 0 Å². The first-order valence-electron chi connectivity index (χ1n) is 7.89. The molecule has 0 spiro atoms.